The lowest BCUT2D eigenvalue weighted by molar-refractivity contribution is -0.130. The van der Waals surface area contributed by atoms with E-state index in [-0.39, 0.29) is 11.8 Å². The van der Waals surface area contributed by atoms with Gasteiger partial charge < -0.3 is 15.1 Å². The summed E-state index contributed by atoms with van der Waals surface area (Å²) in [5.74, 6) is -0.359. The van der Waals surface area contributed by atoms with Gasteiger partial charge in [0, 0.05) is 33.1 Å². The summed E-state index contributed by atoms with van der Waals surface area (Å²) in [5.41, 5.74) is 1.22. The molecule has 0 saturated carbocycles. The quantitative estimate of drug-likeness (QED) is 0.842. The number of likely N-dealkylation sites (N-methyl/N-ethyl adjacent to an activating group) is 1. The molecule has 2 rings (SSSR count). The molecule has 1 saturated heterocycles. The Kier molecular flexibility index (Phi) is 5.11. The molecule has 0 spiro atoms. The van der Waals surface area contributed by atoms with Crippen molar-refractivity contribution in [1.82, 2.24) is 15.1 Å². The minimum absolute atomic E-state index is 0.123. The van der Waals surface area contributed by atoms with E-state index in [1.165, 1.54) is 6.92 Å². The molecule has 1 N–H and O–H groups in total. The number of hydrogen-bond donors (Lipinski definition) is 1. The van der Waals surface area contributed by atoms with Crippen molar-refractivity contribution in [3.05, 3.63) is 41.6 Å². The van der Waals surface area contributed by atoms with Gasteiger partial charge in [0.05, 0.1) is 0 Å². The number of amides is 2. The molecule has 21 heavy (non-hydrogen) atoms. The van der Waals surface area contributed by atoms with E-state index >= 15 is 0 Å². The summed E-state index contributed by atoms with van der Waals surface area (Å²) in [6, 6.07) is 9.52. The van der Waals surface area contributed by atoms with Gasteiger partial charge in [0.15, 0.2) is 0 Å². The topological polar surface area (TPSA) is 52.7 Å². The fourth-order valence-corrected chi connectivity index (χ4v) is 2.24. The third kappa shape index (κ3) is 4.43. The summed E-state index contributed by atoms with van der Waals surface area (Å²) in [7, 11) is 2.04. The number of hydrogen-bond acceptors (Lipinski definition) is 3. The van der Waals surface area contributed by atoms with Crippen LogP contribution in [-0.2, 0) is 9.59 Å². The number of rotatable bonds is 3. The van der Waals surface area contributed by atoms with Crippen LogP contribution in [0.2, 0.25) is 0 Å². The Morgan fingerprint density at radius 2 is 1.71 bits per heavy atom. The zero-order valence-electron chi connectivity index (χ0n) is 12.5. The lowest BCUT2D eigenvalue weighted by Gasteiger charge is -2.32. The van der Waals surface area contributed by atoms with Crippen LogP contribution >= 0.6 is 0 Å². The molecule has 5 heteroatoms. The fourth-order valence-electron chi connectivity index (χ4n) is 2.24. The first-order valence-corrected chi connectivity index (χ1v) is 7.08. The van der Waals surface area contributed by atoms with Crippen LogP contribution in [0.3, 0.4) is 0 Å². The summed E-state index contributed by atoms with van der Waals surface area (Å²) in [5, 5.41) is 2.65. The Morgan fingerprint density at radius 1 is 1.10 bits per heavy atom. The predicted octanol–water partition coefficient (Wildman–Crippen LogP) is 0.938. The van der Waals surface area contributed by atoms with Crippen LogP contribution in [0.15, 0.2) is 36.0 Å². The molecule has 5 nitrogen and oxygen atoms in total. The average molecular weight is 287 g/mol. The van der Waals surface area contributed by atoms with Crippen LogP contribution < -0.4 is 5.32 Å². The second-order valence-corrected chi connectivity index (χ2v) is 5.25. The number of carbonyl (C=O) groups is 2. The minimum atomic E-state index is -0.236. The molecule has 2 amide bonds. The van der Waals surface area contributed by atoms with Gasteiger partial charge in [-0.05, 0) is 18.7 Å². The van der Waals surface area contributed by atoms with Crippen molar-refractivity contribution in [2.24, 2.45) is 0 Å². The first-order valence-electron chi connectivity index (χ1n) is 7.08. The highest BCUT2D eigenvalue weighted by atomic mass is 16.2. The molecule has 1 aromatic carbocycles. The Morgan fingerprint density at radius 3 is 2.29 bits per heavy atom. The highest BCUT2D eigenvalue weighted by molar-refractivity contribution is 6.00. The molecule has 1 aliphatic rings. The zero-order valence-corrected chi connectivity index (χ0v) is 12.5. The fraction of sp³-hybridized carbons (Fsp3) is 0.375. The van der Waals surface area contributed by atoms with E-state index in [2.05, 4.69) is 10.2 Å². The number of carbonyl (C=O) groups excluding carboxylic acids is 2. The molecule has 0 radical (unpaired) electrons. The van der Waals surface area contributed by atoms with E-state index in [4.69, 9.17) is 0 Å². The Balaban J connectivity index is 2.17. The molecule has 0 bridgehead atoms. The van der Waals surface area contributed by atoms with Gasteiger partial charge in [0.25, 0.3) is 5.91 Å². The molecular weight excluding hydrogens is 266 g/mol. The second kappa shape index (κ2) is 7.04. The normalized spacial score (nSPS) is 16.7. The molecule has 1 aliphatic heterocycles. The van der Waals surface area contributed by atoms with E-state index in [0.717, 1.165) is 18.7 Å². The van der Waals surface area contributed by atoms with Gasteiger partial charge >= 0.3 is 0 Å². The first kappa shape index (κ1) is 15.3. The minimum Gasteiger partial charge on any atom is -0.335 e. The monoisotopic (exact) mass is 287 g/mol. The first-order chi connectivity index (χ1) is 10.1. The van der Waals surface area contributed by atoms with E-state index in [1.807, 2.05) is 37.4 Å². The van der Waals surface area contributed by atoms with Crippen LogP contribution in [0.4, 0.5) is 0 Å². The highest BCUT2D eigenvalue weighted by Crippen LogP contribution is 2.09. The molecule has 0 unspecified atom stereocenters. The van der Waals surface area contributed by atoms with Crippen molar-refractivity contribution in [1.29, 1.82) is 0 Å². The highest BCUT2D eigenvalue weighted by Gasteiger charge is 2.22. The summed E-state index contributed by atoms with van der Waals surface area (Å²) in [6.07, 6.45) is 1.72. The molecule has 112 valence electrons. The maximum absolute atomic E-state index is 12.6. The SMILES string of the molecule is CC(=O)N/C(=C/c1ccccc1)C(=O)N1CCN(C)CC1. The van der Waals surface area contributed by atoms with Gasteiger partial charge in [-0.15, -0.1) is 0 Å². The Labute approximate surface area is 125 Å². The molecule has 1 fully saturated rings. The van der Waals surface area contributed by atoms with Gasteiger partial charge in [-0.1, -0.05) is 30.3 Å². The van der Waals surface area contributed by atoms with Crippen LogP contribution in [0.1, 0.15) is 12.5 Å². The maximum Gasteiger partial charge on any atom is 0.270 e. The summed E-state index contributed by atoms with van der Waals surface area (Å²) >= 11 is 0. The second-order valence-electron chi connectivity index (χ2n) is 5.25. The molecule has 0 aromatic heterocycles. The van der Waals surface area contributed by atoms with Crippen LogP contribution in [0, 0.1) is 0 Å². The van der Waals surface area contributed by atoms with E-state index in [9.17, 15) is 9.59 Å². The predicted molar refractivity (Wildman–Crippen MR) is 82.3 cm³/mol. The number of nitrogens with zero attached hydrogens (tertiary/aromatic N) is 2. The number of piperazine rings is 1. The van der Waals surface area contributed by atoms with Crippen molar-refractivity contribution in [3.8, 4) is 0 Å². The van der Waals surface area contributed by atoms with Gasteiger partial charge in [-0.3, -0.25) is 9.59 Å². The number of benzene rings is 1. The van der Waals surface area contributed by atoms with Gasteiger partial charge in [0.1, 0.15) is 5.70 Å². The lowest BCUT2D eigenvalue weighted by atomic mass is 10.1. The van der Waals surface area contributed by atoms with Gasteiger partial charge in [0.2, 0.25) is 5.91 Å². The summed E-state index contributed by atoms with van der Waals surface area (Å²) < 4.78 is 0. The van der Waals surface area contributed by atoms with E-state index in [0.29, 0.717) is 18.8 Å². The molecular formula is C16H21N3O2. The van der Waals surface area contributed by atoms with Crippen molar-refractivity contribution >= 4 is 17.9 Å². The van der Waals surface area contributed by atoms with Crippen molar-refractivity contribution in [3.63, 3.8) is 0 Å². The average Bonchev–Trinajstić information content (AvgIpc) is 2.47. The summed E-state index contributed by atoms with van der Waals surface area (Å²) in [6.45, 7) is 4.48. The lowest BCUT2D eigenvalue weighted by Crippen LogP contribution is -2.49. The van der Waals surface area contributed by atoms with Crippen LogP contribution in [0.5, 0.6) is 0 Å². The largest absolute Gasteiger partial charge is 0.335 e. The molecule has 0 atom stereocenters. The molecule has 1 heterocycles. The van der Waals surface area contributed by atoms with E-state index in [1.54, 1.807) is 11.0 Å². The molecule has 0 aliphatic carbocycles. The maximum atomic E-state index is 12.6. The van der Waals surface area contributed by atoms with Gasteiger partial charge in [-0.25, -0.2) is 0 Å². The van der Waals surface area contributed by atoms with Crippen molar-refractivity contribution in [2.75, 3.05) is 33.2 Å². The zero-order chi connectivity index (χ0) is 15.2. The third-order valence-corrected chi connectivity index (χ3v) is 3.44. The van der Waals surface area contributed by atoms with E-state index < -0.39 is 0 Å². The smallest absolute Gasteiger partial charge is 0.270 e. The summed E-state index contributed by atoms with van der Waals surface area (Å²) in [4.78, 5) is 27.9. The van der Waals surface area contributed by atoms with Crippen LogP contribution in [-0.4, -0.2) is 54.8 Å². The van der Waals surface area contributed by atoms with Crippen molar-refractivity contribution in [2.45, 2.75) is 6.92 Å². The standard InChI is InChI=1S/C16H21N3O2/c1-13(20)17-15(12-14-6-4-3-5-7-14)16(21)19-10-8-18(2)9-11-19/h3-7,12H,8-11H2,1-2H3,(H,17,20)/b15-12+. The Bertz CT molecular complexity index is 532. The van der Waals surface area contributed by atoms with Crippen molar-refractivity contribution < 1.29 is 9.59 Å². The Hall–Kier alpha value is -2.14. The number of nitrogens with one attached hydrogen (secondary N) is 1. The van der Waals surface area contributed by atoms with Crippen LogP contribution in [0.25, 0.3) is 6.08 Å². The molecule has 1 aromatic rings. The van der Waals surface area contributed by atoms with Gasteiger partial charge in [-0.2, -0.15) is 0 Å². The third-order valence-electron chi connectivity index (χ3n) is 3.44.